The van der Waals surface area contributed by atoms with E-state index < -0.39 is 6.10 Å². The van der Waals surface area contributed by atoms with Crippen molar-refractivity contribution in [3.05, 3.63) is 122 Å². The summed E-state index contributed by atoms with van der Waals surface area (Å²) < 4.78 is 16.7. The minimum Gasteiger partial charge on any atom is -0.462 e. The highest BCUT2D eigenvalue weighted by Crippen LogP contribution is 2.12. The largest absolute Gasteiger partial charge is 0.462 e. The van der Waals surface area contributed by atoms with E-state index in [0.717, 1.165) is 109 Å². The summed E-state index contributed by atoms with van der Waals surface area (Å²) >= 11 is 0. The fourth-order valence-electron chi connectivity index (χ4n) is 6.23. The van der Waals surface area contributed by atoms with Crippen molar-refractivity contribution in [3.8, 4) is 0 Å². The second-order valence-corrected chi connectivity index (χ2v) is 16.0. The van der Waals surface area contributed by atoms with Crippen LogP contribution in [0.3, 0.4) is 0 Å². The van der Waals surface area contributed by atoms with Gasteiger partial charge in [0.25, 0.3) is 0 Å². The summed E-state index contributed by atoms with van der Waals surface area (Å²) in [4.78, 5) is 37.9. The van der Waals surface area contributed by atoms with Gasteiger partial charge in [0, 0.05) is 19.3 Å². The molecule has 0 aromatic rings. The molecule has 0 saturated carbocycles. The number of hydrogen-bond acceptors (Lipinski definition) is 6. The van der Waals surface area contributed by atoms with E-state index >= 15 is 0 Å². The smallest absolute Gasteiger partial charge is 0.306 e. The number of esters is 3. The summed E-state index contributed by atoms with van der Waals surface area (Å²) in [5, 5.41) is 0. The van der Waals surface area contributed by atoms with Crippen LogP contribution in [0.2, 0.25) is 0 Å². The summed E-state index contributed by atoms with van der Waals surface area (Å²) in [6.07, 6.45) is 69.0. The molecule has 0 saturated heterocycles. The first-order valence-corrected chi connectivity index (χ1v) is 25.0. The molecule has 1 unspecified atom stereocenters. The third-order valence-corrected chi connectivity index (χ3v) is 9.93. The van der Waals surface area contributed by atoms with Crippen molar-refractivity contribution in [2.45, 2.75) is 207 Å². The van der Waals surface area contributed by atoms with Gasteiger partial charge < -0.3 is 14.2 Å². The van der Waals surface area contributed by atoms with Gasteiger partial charge in [-0.15, -0.1) is 0 Å². The van der Waals surface area contributed by atoms with Crippen molar-refractivity contribution >= 4 is 17.9 Å². The topological polar surface area (TPSA) is 78.9 Å². The molecule has 0 rings (SSSR count). The molecule has 6 heteroatoms. The van der Waals surface area contributed by atoms with Crippen molar-refractivity contribution < 1.29 is 28.6 Å². The molecule has 63 heavy (non-hydrogen) atoms. The molecular weight excluding hydrogens is 781 g/mol. The quantitative estimate of drug-likeness (QED) is 0.0263. The highest BCUT2D eigenvalue weighted by atomic mass is 16.6. The maximum Gasteiger partial charge on any atom is 0.306 e. The first kappa shape index (κ1) is 58.8. The maximum absolute atomic E-state index is 12.8. The van der Waals surface area contributed by atoms with E-state index in [9.17, 15) is 14.4 Å². The predicted molar refractivity (Wildman–Crippen MR) is 269 cm³/mol. The van der Waals surface area contributed by atoms with Crippen LogP contribution in [0.1, 0.15) is 201 Å². The molecule has 0 bridgehead atoms. The zero-order valence-corrected chi connectivity index (χ0v) is 40.3. The van der Waals surface area contributed by atoms with E-state index in [4.69, 9.17) is 14.2 Å². The maximum atomic E-state index is 12.8. The molecule has 0 spiro atoms. The molecule has 0 aliphatic heterocycles. The SMILES string of the molecule is CC/C=C\C/C=C\C/C=C\CCCCCCCCC(=O)OC(COC(=O)CCC/C=C\C/C=C\C/C=C\C/C=C\CCCCC)COC(=O)CCCC/C=C\C/C=C\C/C=C\CC. The number of hydrogen-bond donors (Lipinski definition) is 0. The van der Waals surface area contributed by atoms with Crippen LogP contribution < -0.4 is 0 Å². The normalized spacial score (nSPS) is 13.1. The second-order valence-electron chi connectivity index (χ2n) is 16.0. The number of carbonyl (C=O) groups is 3. The fraction of sp³-hybridized carbons (Fsp3) is 0.596. The Bertz CT molecular complexity index is 1370. The van der Waals surface area contributed by atoms with Crippen molar-refractivity contribution in [2.75, 3.05) is 13.2 Å². The molecule has 0 N–H and O–H groups in total. The van der Waals surface area contributed by atoms with Crippen molar-refractivity contribution in [3.63, 3.8) is 0 Å². The fourth-order valence-corrected chi connectivity index (χ4v) is 6.23. The van der Waals surface area contributed by atoms with Crippen LogP contribution >= 0.6 is 0 Å². The average Bonchev–Trinajstić information content (AvgIpc) is 3.28. The van der Waals surface area contributed by atoms with Gasteiger partial charge in [-0.25, -0.2) is 0 Å². The molecule has 0 aliphatic carbocycles. The van der Waals surface area contributed by atoms with Crippen LogP contribution in [0, 0.1) is 0 Å². The van der Waals surface area contributed by atoms with Gasteiger partial charge in [0.2, 0.25) is 0 Å². The van der Waals surface area contributed by atoms with Crippen molar-refractivity contribution in [1.82, 2.24) is 0 Å². The zero-order valence-electron chi connectivity index (χ0n) is 40.3. The second kappa shape index (κ2) is 50.5. The van der Waals surface area contributed by atoms with Crippen molar-refractivity contribution in [1.29, 1.82) is 0 Å². The zero-order chi connectivity index (χ0) is 45.8. The lowest BCUT2D eigenvalue weighted by Crippen LogP contribution is -2.30. The summed E-state index contributed by atoms with van der Waals surface area (Å²) in [6.45, 7) is 6.26. The molecular formula is C57H90O6. The third kappa shape index (κ3) is 48.7. The van der Waals surface area contributed by atoms with Gasteiger partial charge in [-0.1, -0.05) is 181 Å². The van der Waals surface area contributed by atoms with Gasteiger partial charge in [-0.05, 0) is 122 Å². The molecule has 0 aliphatic rings. The van der Waals surface area contributed by atoms with E-state index in [1.807, 2.05) is 0 Å². The molecule has 0 heterocycles. The van der Waals surface area contributed by atoms with Gasteiger partial charge in [0.05, 0.1) is 0 Å². The van der Waals surface area contributed by atoms with Gasteiger partial charge in [0.1, 0.15) is 13.2 Å². The Balaban J connectivity index is 4.56. The number of unbranched alkanes of at least 4 members (excludes halogenated alkanes) is 12. The molecule has 354 valence electrons. The van der Waals surface area contributed by atoms with Crippen LogP contribution in [0.15, 0.2) is 122 Å². The highest BCUT2D eigenvalue weighted by molar-refractivity contribution is 5.71. The van der Waals surface area contributed by atoms with Gasteiger partial charge in [-0.2, -0.15) is 0 Å². The average molecular weight is 871 g/mol. The monoisotopic (exact) mass is 871 g/mol. The van der Waals surface area contributed by atoms with Crippen LogP contribution in [-0.2, 0) is 28.6 Å². The van der Waals surface area contributed by atoms with Gasteiger partial charge in [-0.3, -0.25) is 14.4 Å². The minimum atomic E-state index is -0.825. The first-order valence-electron chi connectivity index (χ1n) is 25.0. The third-order valence-electron chi connectivity index (χ3n) is 9.93. The molecule has 0 amide bonds. The van der Waals surface area contributed by atoms with E-state index in [-0.39, 0.29) is 44.0 Å². The van der Waals surface area contributed by atoms with E-state index in [1.54, 1.807) is 0 Å². The van der Waals surface area contributed by atoms with E-state index in [2.05, 4.69) is 142 Å². The van der Waals surface area contributed by atoms with Crippen LogP contribution in [0.4, 0.5) is 0 Å². The number of allylic oxidation sites excluding steroid dienone is 20. The first-order chi connectivity index (χ1) is 31.0. The standard InChI is InChI=1S/C57H90O6/c1-4-7-10-13-16-19-22-25-27-29-31-32-35-38-41-44-47-50-56(59)62-53-54(52-61-55(58)49-46-43-40-37-34-24-21-18-15-12-9-6-3)63-57(60)51-48-45-42-39-36-33-30-28-26-23-20-17-14-11-8-5-2/h8-9,11-12,16-21,25-28,31-32,34,37-38,41,54H,4-7,10,13-15,22-24,29-30,33,35-36,39-40,42-53H2,1-3H3/b11-8-,12-9-,19-16-,20-17-,21-18-,27-25-,28-26-,32-31-,37-34-,41-38-. The number of rotatable bonds is 43. The Morgan fingerprint density at radius 2 is 0.635 bits per heavy atom. The lowest BCUT2D eigenvalue weighted by Gasteiger charge is -2.18. The lowest BCUT2D eigenvalue weighted by molar-refractivity contribution is -0.167. The van der Waals surface area contributed by atoms with Crippen LogP contribution in [0.5, 0.6) is 0 Å². The van der Waals surface area contributed by atoms with E-state index in [1.165, 1.54) is 38.5 Å². The van der Waals surface area contributed by atoms with Crippen LogP contribution in [0.25, 0.3) is 0 Å². The van der Waals surface area contributed by atoms with Gasteiger partial charge in [0.15, 0.2) is 6.10 Å². The minimum absolute atomic E-state index is 0.124. The summed E-state index contributed by atoms with van der Waals surface area (Å²) in [6, 6.07) is 0. The Hall–Kier alpha value is -4.19. The summed E-state index contributed by atoms with van der Waals surface area (Å²) in [5.74, 6) is -1.04. The molecule has 0 radical (unpaired) electrons. The Kier molecular flexibility index (Phi) is 47.1. The van der Waals surface area contributed by atoms with E-state index in [0.29, 0.717) is 19.3 Å². The van der Waals surface area contributed by atoms with Gasteiger partial charge >= 0.3 is 17.9 Å². The molecule has 6 nitrogen and oxygen atoms in total. The molecule has 0 fully saturated rings. The summed E-state index contributed by atoms with van der Waals surface area (Å²) in [5.41, 5.74) is 0. The van der Waals surface area contributed by atoms with Crippen LogP contribution in [-0.4, -0.2) is 37.2 Å². The molecule has 0 aromatic heterocycles. The summed E-state index contributed by atoms with van der Waals surface area (Å²) in [7, 11) is 0. The lowest BCUT2D eigenvalue weighted by atomic mass is 10.1. The highest BCUT2D eigenvalue weighted by Gasteiger charge is 2.19. The van der Waals surface area contributed by atoms with Crippen molar-refractivity contribution in [2.24, 2.45) is 0 Å². The Morgan fingerprint density at radius 1 is 0.333 bits per heavy atom. The molecule has 0 aromatic carbocycles. The Labute approximate surface area is 386 Å². The predicted octanol–water partition coefficient (Wildman–Crippen LogP) is 16.5. The number of carbonyl (C=O) groups excluding carboxylic acids is 3. The number of ether oxygens (including phenoxy) is 3. The molecule has 1 atom stereocenters. The Morgan fingerprint density at radius 3 is 1.06 bits per heavy atom.